The van der Waals surface area contributed by atoms with Crippen molar-refractivity contribution in [2.75, 3.05) is 7.05 Å². The Labute approximate surface area is 133 Å². The Hall–Kier alpha value is -1.60. The number of rotatable bonds is 3. The van der Waals surface area contributed by atoms with Crippen LogP contribution in [0.3, 0.4) is 0 Å². The maximum absolute atomic E-state index is 12.9. The Morgan fingerprint density at radius 1 is 1.30 bits per heavy atom. The average Bonchev–Trinajstić information content (AvgIpc) is 2.78. The molecule has 0 aliphatic carbocycles. The van der Waals surface area contributed by atoms with Crippen LogP contribution >= 0.6 is 0 Å². The minimum atomic E-state index is -4.22. The van der Waals surface area contributed by atoms with Crippen molar-refractivity contribution < 1.29 is 18.0 Å². The lowest BCUT2D eigenvalue weighted by atomic mass is 9.92. The molecule has 1 aliphatic rings. The second kappa shape index (κ2) is 6.13. The van der Waals surface area contributed by atoms with E-state index in [0.717, 1.165) is 0 Å². The smallest absolute Gasteiger partial charge is 0.338 e. The second-order valence-corrected chi connectivity index (χ2v) is 7.41. The fourth-order valence-electron chi connectivity index (χ4n) is 2.66. The molecule has 1 amide bonds. The van der Waals surface area contributed by atoms with E-state index in [-0.39, 0.29) is 37.3 Å². The number of hydrogen-bond acceptors (Lipinski definition) is 3. The van der Waals surface area contributed by atoms with Crippen LogP contribution in [0.5, 0.6) is 0 Å². The van der Waals surface area contributed by atoms with Crippen molar-refractivity contribution in [3.63, 3.8) is 0 Å². The molecule has 0 fully saturated rings. The van der Waals surface area contributed by atoms with Crippen LogP contribution in [-0.2, 0) is 24.3 Å². The van der Waals surface area contributed by atoms with Gasteiger partial charge in [0.2, 0.25) is 5.91 Å². The van der Waals surface area contributed by atoms with Gasteiger partial charge in [-0.1, -0.05) is 20.8 Å². The van der Waals surface area contributed by atoms with Crippen molar-refractivity contribution in [3.8, 4) is 0 Å². The molecule has 130 valence electrons. The number of aromatic nitrogens is 3. The zero-order valence-electron chi connectivity index (χ0n) is 13.9. The van der Waals surface area contributed by atoms with Gasteiger partial charge >= 0.3 is 6.18 Å². The standard InChI is InChI=1S/C15H23F3N4O/c1-14(2,3)7-13(23)21(4)9-12-20-19-11-6-5-10(8-22(11)12)15(16,17)18/h10H,5-9H2,1-4H3. The first-order valence-corrected chi connectivity index (χ1v) is 7.69. The van der Waals surface area contributed by atoms with Crippen molar-refractivity contribution in [2.24, 2.45) is 11.3 Å². The molecule has 1 aromatic heterocycles. The van der Waals surface area contributed by atoms with E-state index in [9.17, 15) is 18.0 Å². The van der Waals surface area contributed by atoms with Crippen molar-refractivity contribution >= 4 is 5.91 Å². The predicted molar refractivity (Wildman–Crippen MR) is 78.4 cm³/mol. The molecule has 0 saturated carbocycles. The lowest BCUT2D eigenvalue weighted by molar-refractivity contribution is -0.182. The van der Waals surface area contributed by atoms with Crippen LogP contribution in [0.2, 0.25) is 0 Å². The van der Waals surface area contributed by atoms with Gasteiger partial charge in [0.15, 0.2) is 5.82 Å². The van der Waals surface area contributed by atoms with E-state index in [1.807, 2.05) is 20.8 Å². The molecule has 0 aromatic carbocycles. The lowest BCUT2D eigenvalue weighted by Gasteiger charge is -2.27. The molecule has 0 bridgehead atoms. The van der Waals surface area contributed by atoms with Crippen LogP contribution in [0, 0.1) is 11.3 Å². The summed E-state index contributed by atoms with van der Waals surface area (Å²) in [6, 6.07) is 0. The molecule has 1 unspecified atom stereocenters. The van der Waals surface area contributed by atoms with Crippen molar-refractivity contribution in [2.45, 2.75) is 59.3 Å². The second-order valence-electron chi connectivity index (χ2n) is 7.41. The number of fused-ring (bicyclic) bond motifs is 1. The summed E-state index contributed by atoms with van der Waals surface area (Å²) in [6.07, 6.45) is -3.54. The Kier molecular flexibility index (Phi) is 4.73. The molecular weight excluding hydrogens is 309 g/mol. The average molecular weight is 332 g/mol. The lowest BCUT2D eigenvalue weighted by Crippen LogP contribution is -2.34. The first-order chi connectivity index (χ1) is 10.5. The van der Waals surface area contributed by atoms with Gasteiger partial charge in [0, 0.05) is 26.4 Å². The van der Waals surface area contributed by atoms with Gasteiger partial charge in [-0.3, -0.25) is 4.79 Å². The Morgan fingerprint density at radius 3 is 2.52 bits per heavy atom. The number of halogens is 3. The summed E-state index contributed by atoms with van der Waals surface area (Å²) in [6.45, 7) is 5.90. The van der Waals surface area contributed by atoms with Gasteiger partial charge in [0.25, 0.3) is 0 Å². The third-order valence-corrected chi connectivity index (χ3v) is 3.97. The molecule has 0 saturated heterocycles. The minimum absolute atomic E-state index is 0.0421. The molecule has 5 nitrogen and oxygen atoms in total. The molecule has 1 aromatic rings. The van der Waals surface area contributed by atoms with E-state index in [1.54, 1.807) is 7.05 Å². The normalized spacial score (nSPS) is 18.7. The first-order valence-electron chi connectivity index (χ1n) is 7.69. The third kappa shape index (κ3) is 4.45. The SMILES string of the molecule is CN(Cc1nnc2n1CC(C(F)(F)F)CC2)C(=O)CC(C)(C)C. The number of aryl methyl sites for hydroxylation is 1. The van der Waals surface area contributed by atoms with Crippen LogP contribution < -0.4 is 0 Å². The molecule has 0 spiro atoms. The number of carbonyl (C=O) groups excluding carboxylic acids is 1. The van der Waals surface area contributed by atoms with Crippen LogP contribution in [-0.4, -0.2) is 38.8 Å². The Balaban J connectivity index is 2.09. The largest absolute Gasteiger partial charge is 0.393 e. The molecule has 1 aliphatic heterocycles. The number of alkyl halides is 3. The summed E-state index contributed by atoms with van der Waals surface area (Å²) in [5.41, 5.74) is -0.142. The quantitative estimate of drug-likeness (QED) is 0.855. The molecular formula is C15H23F3N4O. The number of amides is 1. The van der Waals surface area contributed by atoms with Crippen LogP contribution in [0.4, 0.5) is 13.2 Å². The summed E-state index contributed by atoms with van der Waals surface area (Å²) in [7, 11) is 1.64. The molecule has 1 atom stereocenters. The topological polar surface area (TPSA) is 51.0 Å². The van der Waals surface area contributed by atoms with E-state index in [0.29, 0.717) is 18.1 Å². The molecule has 2 rings (SSSR count). The maximum atomic E-state index is 12.9. The van der Waals surface area contributed by atoms with Gasteiger partial charge < -0.3 is 9.47 Å². The fraction of sp³-hybridized carbons (Fsp3) is 0.800. The van der Waals surface area contributed by atoms with E-state index < -0.39 is 12.1 Å². The fourth-order valence-corrected chi connectivity index (χ4v) is 2.66. The zero-order valence-corrected chi connectivity index (χ0v) is 13.9. The van der Waals surface area contributed by atoms with Gasteiger partial charge in [-0.05, 0) is 11.8 Å². The third-order valence-electron chi connectivity index (χ3n) is 3.97. The van der Waals surface area contributed by atoms with E-state index in [4.69, 9.17) is 0 Å². The van der Waals surface area contributed by atoms with Gasteiger partial charge in [0.05, 0.1) is 12.5 Å². The summed E-state index contributed by atoms with van der Waals surface area (Å²) < 4.78 is 40.3. The molecule has 23 heavy (non-hydrogen) atoms. The summed E-state index contributed by atoms with van der Waals surface area (Å²) in [5.74, 6) is -0.450. The number of nitrogens with zero attached hydrogens (tertiary/aromatic N) is 4. The number of hydrogen-bond donors (Lipinski definition) is 0. The zero-order chi connectivity index (χ0) is 17.4. The highest BCUT2D eigenvalue weighted by molar-refractivity contribution is 5.76. The molecule has 0 radical (unpaired) electrons. The Bertz CT molecular complexity index is 574. The highest BCUT2D eigenvalue weighted by atomic mass is 19.4. The highest BCUT2D eigenvalue weighted by Crippen LogP contribution is 2.34. The monoisotopic (exact) mass is 332 g/mol. The summed E-state index contributed by atoms with van der Waals surface area (Å²) in [4.78, 5) is 13.7. The van der Waals surface area contributed by atoms with Gasteiger partial charge in [-0.15, -0.1) is 10.2 Å². The maximum Gasteiger partial charge on any atom is 0.393 e. The molecule has 8 heteroatoms. The van der Waals surface area contributed by atoms with Crippen molar-refractivity contribution in [3.05, 3.63) is 11.6 Å². The van der Waals surface area contributed by atoms with E-state index in [1.165, 1.54) is 9.47 Å². The predicted octanol–water partition coefficient (Wildman–Crippen LogP) is 2.80. The van der Waals surface area contributed by atoms with Crippen LogP contribution in [0.25, 0.3) is 0 Å². The van der Waals surface area contributed by atoms with Gasteiger partial charge in [0.1, 0.15) is 5.82 Å². The van der Waals surface area contributed by atoms with Gasteiger partial charge in [-0.25, -0.2) is 0 Å². The van der Waals surface area contributed by atoms with Gasteiger partial charge in [-0.2, -0.15) is 13.2 Å². The van der Waals surface area contributed by atoms with E-state index in [2.05, 4.69) is 10.2 Å². The van der Waals surface area contributed by atoms with Crippen molar-refractivity contribution in [1.29, 1.82) is 0 Å². The van der Waals surface area contributed by atoms with Crippen LogP contribution in [0.15, 0.2) is 0 Å². The molecule has 2 heterocycles. The highest BCUT2D eigenvalue weighted by Gasteiger charge is 2.42. The first kappa shape index (κ1) is 17.7. The van der Waals surface area contributed by atoms with E-state index >= 15 is 0 Å². The minimum Gasteiger partial charge on any atom is -0.338 e. The molecule has 0 N–H and O–H groups in total. The van der Waals surface area contributed by atoms with Crippen molar-refractivity contribution in [1.82, 2.24) is 19.7 Å². The summed E-state index contributed by atoms with van der Waals surface area (Å²) in [5, 5.41) is 7.95. The van der Waals surface area contributed by atoms with Crippen LogP contribution in [0.1, 0.15) is 45.3 Å². The Morgan fingerprint density at radius 2 is 1.96 bits per heavy atom. The number of carbonyl (C=O) groups is 1. The summed E-state index contributed by atoms with van der Waals surface area (Å²) >= 11 is 0.